The maximum Gasteiger partial charge on any atom is 0.323 e. The Morgan fingerprint density at radius 2 is 2.05 bits per heavy atom. The summed E-state index contributed by atoms with van der Waals surface area (Å²) in [6.07, 6.45) is 0.285. The van der Waals surface area contributed by atoms with Gasteiger partial charge in [0.05, 0.1) is 26.4 Å². The summed E-state index contributed by atoms with van der Waals surface area (Å²) in [5.41, 5.74) is 0. The Kier molecular flexibility index (Phi) is 6.23. The monoisotopic (exact) mass is 263 g/mol. The van der Waals surface area contributed by atoms with E-state index in [9.17, 15) is 4.79 Å². The highest BCUT2D eigenvalue weighted by atomic mass is 16.5. The Morgan fingerprint density at radius 3 is 2.63 bits per heavy atom. The molecule has 0 fully saturated rings. The highest BCUT2D eigenvalue weighted by Gasteiger charge is 2.19. The van der Waals surface area contributed by atoms with Gasteiger partial charge in [-0.25, -0.2) is 0 Å². The summed E-state index contributed by atoms with van der Waals surface area (Å²) in [6.45, 7) is 2.22. The third-order valence-corrected chi connectivity index (χ3v) is 2.46. The molecule has 0 aliphatic heterocycles. The van der Waals surface area contributed by atoms with Gasteiger partial charge < -0.3 is 14.2 Å². The molecule has 1 aromatic rings. The van der Waals surface area contributed by atoms with Crippen molar-refractivity contribution in [3.8, 4) is 17.6 Å². The van der Waals surface area contributed by atoms with Crippen LogP contribution < -0.4 is 9.47 Å². The summed E-state index contributed by atoms with van der Waals surface area (Å²) in [5.74, 6) is -0.0963. The van der Waals surface area contributed by atoms with Crippen LogP contribution in [0.3, 0.4) is 0 Å². The molecule has 0 saturated carbocycles. The third kappa shape index (κ3) is 4.51. The number of hydrogen-bond acceptors (Lipinski definition) is 5. The van der Waals surface area contributed by atoms with Crippen molar-refractivity contribution in [1.29, 1.82) is 5.26 Å². The number of esters is 1. The van der Waals surface area contributed by atoms with Crippen LogP contribution in [0.1, 0.15) is 13.3 Å². The topological polar surface area (TPSA) is 68.6 Å². The summed E-state index contributed by atoms with van der Waals surface area (Å²) in [6, 6.07) is 9.12. The molecular formula is C14H17NO4. The summed E-state index contributed by atoms with van der Waals surface area (Å²) in [4.78, 5) is 11.4. The molecule has 1 rings (SSSR count). The third-order valence-electron chi connectivity index (χ3n) is 2.46. The van der Waals surface area contributed by atoms with Gasteiger partial charge in [-0.1, -0.05) is 12.1 Å². The molecule has 1 aromatic carbocycles. The van der Waals surface area contributed by atoms with Gasteiger partial charge in [0, 0.05) is 6.42 Å². The number of methoxy groups -OCH3 is 1. The number of carbonyl (C=O) groups is 1. The average Bonchev–Trinajstić information content (AvgIpc) is 2.44. The van der Waals surface area contributed by atoms with Gasteiger partial charge in [0.1, 0.15) is 5.92 Å². The van der Waals surface area contributed by atoms with Crippen molar-refractivity contribution < 1.29 is 19.0 Å². The maximum absolute atomic E-state index is 11.4. The van der Waals surface area contributed by atoms with Gasteiger partial charge in [-0.15, -0.1) is 0 Å². The molecule has 0 saturated heterocycles. The van der Waals surface area contributed by atoms with Gasteiger partial charge in [-0.05, 0) is 19.1 Å². The van der Waals surface area contributed by atoms with E-state index < -0.39 is 11.9 Å². The van der Waals surface area contributed by atoms with Crippen molar-refractivity contribution >= 4 is 5.97 Å². The maximum atomic E-state index is 11.4. The van der Waals surface area contributed by atoms with E-state index in [0.717, 1.165) is 0 Å². The van der Waals surface area contributed by atoms with E-state index in [4.69, 9.17) is 19.5 Å². The van der Waals surface area contributed by atoms with Crippen molar-refractivity contribution in [3.05, 3.63) is 24.3 Å². The van der Waals surface area contributed by atoms with Crippen LogP contribution in [0.4, 0.5) is 0 Å². The molecule has 1 unspecified atom stereocenters. The summed E-state index contributed by atoms with van der Waals surface area (Å²) in [7, 11) is 1.55. The summed E-state index contributed by atoms with van der Waals surface area (Å²) in [5, 5.41) is 8.89. The van der Waals surface area contributed by atoms with Crippen LogP contribution >= 0.6 is 0 Å². The molecule has 5 heteroatoms. The molecule has 102 valence electrons. The molecule has 0 aliphatic rings. The minimum absolute atomic E-state index is 0.247. The fourth-order valence-corrected chi connectivity index (χ4v) is 1.50. The molecule has 1 atom stereocenters. The molecule has 0 aliphatic carbocycles. The molecular weight excluding hydrogens is 246 g/mol. The summed E-state index contributed by atoms with van der Waals surface area (Å²) >= 11 is 0. The minimum atomic E-state index is -0.797. The number of carbonyl (C=O) groups excluding carboxylic acids is 1. The second-order valence-electron chi connectivity index (χ2n) is 3.72. The molecule has 0 bridgehead atoms. The molecule has 0 amide bonds. The van der Waals surface area contributed by atoms with Gasteiger partial charge in [-0.2, -0.15) is 5.26 Å². The van der Waals surface area contributed by atoms with Crippen LogP contribution in [0.15, 0.2) is 24.3 Å². The predicted octanol–water partition coefficient (Wildman–Crippen LogP) is 2.17. The SMILES string of the molecule is CCOC(=O)C(C#N)CCOc1ccccc1OC. The number of hydrogen-bond donors (Lipinski definition) is 0. The molecule has 0 heterocycles. The zero-order valence-corrected chi connectivity index (χ0v) is 11.1. The average molecular weight is 263 g/mol. The number of nitrogens with zero attached hydrogens (tertiary/aromatic N) is 1. The Bertz CT molecular complexity index is 453. The Hall–Kier alpha value is -2.22. The zero-order valence-electron chi connectivity index (χ0n) is 11.1. The molecule has 0 N–H and O–H groups in total. The van der Waals surface area contributed by atoms with Crippen LogP contribution in [0.25, 0.3) is 0 Å². The van der Waals surface area contributed by atoms with Crippen molar-refractivity contribution in [2.45, 2.75) is 13.3 Å². The van der Waals surface area contributed by atoms with E-state index in [-0.39, 0.29) is 19.6 Å². The van der Waals surface area contributed by atoms with Gasteiger partial charge in [-0.3, -0.25) is 4.79 Å². The van der Waals surface area contributed by atoms with E-state index >= 15 is 0 Å². The largest absolute Gasteiger partial charge is 0.493 e. The highest BCUT2D eigenvalue weighted by Crippen LogP contribution is 2.26. The number of rotatable bonds is 7. The van der Waals surface area contributed by atoms with Crippen molar-refractivity contribution in [2.24, 2.45) is 5.92 Å². The first-order chi connectivity index (χ1) is 9.22. The smallest absolute Gasteiger partial charge is 0.323 e. The summed E-state index contributed by atoms with van der Waals surface area (Å²) < 4.78 is 15.4. The molecule has 0 aromatic heterocycles. The van der Waals surface area contributed by atoms with E-state index in [1.807, 2.05) is 18.2 Å². The van der Waals surface area contributed by atoms with Gasteiger partial charge in [0.15, 0.2) is 11.5 Å². The first-order valence-corrected chi connectivity index (χ1v) is 6.05. The Labute approximate surface area is 112 Å². The normalized spacial score (nSPS) is 11.2. The van der Waals surface area contributed by atoms with Crippen molar-refractivity contribution in [2.75, 3.05) is 20.3 Å². The number of para-hydroxylation sites is 2. The van der Waals surface area contributed by atoms with Crippen molar-refractivity contribution in [3.63, 3.8) is 0 Å². The lowest BCUT2D eigenvalue weighted by Gasteiger charge is -2.12. The van der Waals surface area contributed by atoms with E-state index in [2.05, 4.69) is 0 Å². The first kappa shape index (κ1) is 14.8. The predicted molar refractivity (Wildman–Crippen MR) is 68.8 cm³/mol. The minimum Gasteiger partial charge on any atom is -0.493 e. The Balaban J connectivity index is 2.49. The molecule has 0 radical (unpaired) electrons. The van der Waals surface area contributed by atoms with Gasteiger partial charge in [0.25, 0.3) is 0 Å². The highest BCUT2D eigenvalue weighted by molar-refractivity contribution is 5.75. The second-order valence-corrected chi connectivity index (χ2v) is 3.72. The van der Waals surface area contributed by atoms with Crippen molar-refractivity contribution in [1.82, 2.24) is 0 Å². The lowest BCUT2D eigenvalue weighted by molar-refractivity contribution is -0.146. The standard InChI is InChI=1S/C14H17NO4/c1-3-18-14(16)11(10-15)8-9-19-13-7-5-4-6-12(13)17-2/h4-7,11H,3,8-9H2,1-2H3. The van der Waals surface area contributed by atoms with Crippen LogP contribution in [-0.2, 0) is 9.53 Å². The number of benzene rings is 1. The van der Waals surface area contributed by atoms with Gasteiger partial charge >= 0.3 is 5.97 Å². The van der Waals surface area contributed by atoms with E-state index in [1.54, 1.807) is 26.2 Å². The first-order valence-electron chi connectivity index (χ1n) is 6.05. The van der Waals surface area contributed by atoms with E-state index in [1.165, 1.54) is 0 Å². The fraction of sp³-hybridized carbons (Fsp3) is 0.429. The quantitative estimate of drug-likeness (QED) is 0.705. The number of ether oxygens (including phenoxy) is 3. The number of nitriles is 1. The van der Waals surface area contributed by atoms with Crippen LogP contribution in [0.5, 0.6) is 11.5 Å². The second kappa shape index (κ2) is 7.98. The van der Waals surface area contributed by atoms with Crippen LogP contribution in [0, 0.1) is 17.2 Å². The van der Waals surface area contributed by atoms with E-state index in [0.29, 0.717) is 11.5 Å². The van der Waals surface area contributed by atoms with Crippen LogP contribution in [0.2, 0.25) is 0 Å². The lowest BCUT2D eigenvalue weighted by Crippen LogP contribution is -2.18. The van der Waals surface area contributed by atoms with Gasteiger partial charge in [0.2, 0.25) is 0 Å². The molecule has 0 spiro atoms. The lowest BCUT2D eigenvalue weighted by atomic mass is 10.1. The Morgan fingerprint density at radius 1 is 1.37 bits per heavy atom. The fourth-order valence-electron chi connectivity index (χ4n) is 1.50. The zero-order chi connectivity index (χ0) is 14.1. The molecule has 5 nitrogen and oxygen atoms in total. The molecule has 19 heavy (non-hydrogen) atoms. The van der Waals surface area contributed by atoms with Crippen LogP contribution in [-0.4, -0.2) is 26.3 Å².